The molecule has 0 radical (unpaired) electrons. The van der Waals surface area contributed by atoms with Gasteiger partial charge in [-0.25, -0.2) is 0 Å². The van der Waals surface area contributed by atoms with E-state index in [0.29, 0.717) is 6.10 Å². The predicted octanol–water partition coefficient (Wildman–Crippen LogP) is 1.44. The van der Waals surface area contributed by atoms with Crippen LogP contribution in [0.2, 0.25) is 0 Å². The number of hydrogen-bond acceptors (Lipinski definition) is 3. The van der Waals surface area contributed by atoms with E-state index in [4.69, 9.17) is 9.47 Å². The first-order valence-corrected chi connectivity index (χ1v) is 6.14. The third-order valence-electron chi connectivity index (χ3n) is 2.74. The highest BCUT2D eigenvalue weighted by molar-refractivity contribution is 5.77. The molecule has 1 rings (SSSR count). The molecule has 0 bridgehead atoms. The van der Waals surface area contributed by atoms with E-state index >= 15 is 0 Å². The molecule has 0 aromatic rings. The molecular weight excluding hydrogens is 206 g/mol. The monoisotopic (exact) mass is 229 g/mol. The summed E-state index contributed by atoms with van der Waals surface area (Å²) < 4.78 is 10.8. The van der Waals surface area contributed by atoms with Gasteiger partial charge < -0.3 is 14.4 Å². The fraction of sp³-hybridized carbons (Fsp3) is 0.917. The summed E-state index contributed by atoms with van der Waals surface area (Å²) in [5, 5.41) is 0. The number of nitrogens with zero attached hydrogens (tertiary/aromatic N) is 1. The van der Waals surface area contributed by atoms with Crippen molar-refractivity contribution in [2.45, 2.75) is 45.8 Å². The fourth-order valence-corrected chi connectivity index (χ4v) is 1.84. The third-order valence-corrected chi connectivity index (χ3v) is 2.74. The van der Waals surface area contributed by atoms with Crippen molar-refractivity contribution in [2.75, 3.05) is 26.3 Å². The normalized spacial score (nSPS) is 18.1. The summed E-state index contributed by atoms with van der Waals surface area (Å²) >= 11 is 0. The average Bonchev–Trinajstić information content (AvgIpc) is 2.27. The van der Waals surface area contributed by atoms with E-state index in [1.165, 1.54) is 0 Å². The van der Waals surface area contributed by atoms with E-state index in [1.54, 1.807) is 0 Å². The second-order valence-corrected chi connectivity index (χ2v) is 4.40. The van der Waals surface area contributed by atoms with Crippen LogP contribution >= 0.6 is 0 Å². The van der Waals surface area contributed by atoms with Gasteiger partial charge in [0.1, 0.15) is 6.61 Å². The molecule has 4 nitrogen and oxygen atoms in total. The molecule has 94 valence electrons. The SMILES string of the molecule is CCOC1CCN(C(=O)COC(C)C)CC1. The minimum absolute atomic E-state index is 0.101. The highest BCUT2D eigenvalue weighted by atomic mass is 16.5. The van der Waals surface area contributed by atoms with Gasteiger partial charge >= 0.3 is 0 Å². The Balaban J connectivity index is 2.22. The maximum Gasteiger partial charge on any atom is 0.248 e. The molecule has 4 heteroatoms. The number of carbonyl (C=O) groups is 1. The van der Waals surface area contributed by atoms with Crippen LogP contribution in [0.5, 0.6) is 0 Å². The molecule has 0 N–H and O–H groups in total. The number of amides is 1. The van der Waals surface area contributed by atoms with Crippen molar-refractivity contribution < 1.29 is 14.3 Å². The van der Waals surface area contributed by atoms with Crippen molar-refractivity contribution >= 4 is 5.91 Å². The molecule has 0 aliphatic carbocycles. The summed E-state index contributed by atoms with van der Waals surface area (Å²) in [6, 6.07) is 0. The number of piperidine rings is 1. The zero-order chi connectivity index (χ0) is 12.0. The Labute approximate surface area is 97.9 Å². The Morgan fingerprint density at radius 2 is 2.00 bits per heavy atom. The van der Waals surface area contributed by atoms with E-state index in [0.717, 1.165) is 32.5 Å². The number of ether oxygens (including phenoxy) is 2. The van der Waals surface area contributed by atoms with Crippen LogP contribution < -0.4 is 0 Å². The second-order valence-electron chi connectivity index (χ2n) is 4.40. The zero-order valence-corrected chi connectivity index (χ0v) is 10.6. The Hall–Kier alpha value is -0.610. The second kappa shape index (κ2) is 6.86. The molecule has 1 aliphatic heterocycles. The van der Waals surface area contributed by atoms with E-state index in [1.807, 2.05) is 25.7 Å². The van der Waals surface area contributed by atoms with Crippen LogP contribution in [0.3, 0.4) is 0 Å². The quantitative estimate of drug-likeness (QED) is 0.716. The average molecular weight is 229 g/mol. The molecule has 0 spiro atoms. The summed E-state index contributed by atoms with van der Waals surface area (Å²) in [5.74, 6) is 0.101. The van der Waals surface area contributed by atoms with Gasteiger partial charge in [-0.2, -0.15) is 0 Å². The van der Waals surface area contributed by atoms with Gasteiger partial charge in [-0.3, -0.25) is 4.79 Å². The van der Waals surface area contributed by atoms with Crippen molar-refractivity contribution in [3.8, 4) is 0 Å². The summed E-state index contributed by atoms with van der Waals surface area (Å²) in [7, 11) is 0. The van der Waals surface area contributed by atoms with Crippen molar-refractivity contribution in [3.05, 3.63) is 0 Å². The molecule has 1 heterocycles. The van der Waals surface area contributed by atoms with Gasteiger partial charge in [-0.1, -0.05) is 0 Å². The van der Waals surface area contributed by atoms with Gasteiger partial charge in [0.15, 0.2) is 0 Å². The van der Waals surface area contributed by atoms with Crippen molar-refractivity contribution in [3.63, 3.8) is 0 Å². The largest absolute Gasteiger partial charge is 0.378 e. The van der Waals surface area contributed by atoms with E-state index in [-0.39, 0.29) is 18.6 Å². The van der Waals surface area contributed by atoms with E-state index in [2.05, 4.69) is 0 Å². The maximum absolute atomic E-state index is 11.7. The predicted molar refractivity (Wildman–Crippen MR) is 62.3 cm³/mol. The molecule has 1 fully saturated rings. The standard InChI is InChI=1S/C12H23NO3/c1-4-15-11-5-7-13(8-6-11)12(14)9-16-10(2)3/h10-11H,4-9H2,1-3H3. The van der Waals surface area contributed by atoms with Crippen LogP contribution in [0, 0.1) is 0 Å². The third kappa shape index (κ3) is 4.49. The molecule has 0 aromatic heterocycles. The zero-order valence-electron chi connectivity index (χ0n) is 10.6. The lowest BCUT2D eigenvalue weighted by Gasteiger charge is -2.31. The Bertz CT molecular complexity index is 210. The van der Waals surface area contributed by atoms with Crippen LogP contribution in [-0.4, -0.2) is 49.3 Å². The Morgan fingerprint density at radius 3 is 2.50 bits per heavy atom. The Kier molecular flexibility index (Phi) is 5.77. The van der Waals surface area contributed by atoms with Crippen molar-refractivity contribution in [1.82, 2.24) is 4.90 Å². The van der Waals surface area contributed by atoms with Crippen LogP contribution in [-0.2, 0) is 14.3 Å². The summed E-state index contributed by atoms with van der Waals surface area (Å²) in [6.45, 7) is 8.44. The Morgan fingerprint density at radius 1 is 1.38 bits per heavy atom. The highest BCUT2D eigenvalue weighted by Gasteiger charge is 2.22. The highest BCUT2D eigenvalue weighted by Crippen LogP contribution is 2.13. The lowest BCUT2D eigenvalue weighted by molar-refractivity contribution is -0.140. The summed E-state index contributed by atoms with van der Waals surface area (Å²) in [5.41, 5.74) is 0. The topological polar surface area (TPSA) is 38.8 Å². The first-order valence-electron chi connectivity index (χ1n) is 6.14. The first-order chi connectivity index (χ1) is 7.63. The smallest absolute Gasteiger partial charge is 0.248 e. The molecule has 0 aromatic carbocycles. The van der Waals surface area contributed by atoms with Crippen molar-refractivity contribution in [2.24, 2.45) is 0 Å². The molecule has 0 unspecified atom stereocenters. The molecule has 1 saturated heterocycles. The minimum Gasteiger partial charge on any atom is -0.378 e. The molecule has 0 saturated carbocycles. The molecule has 0 atom stereocenters. The number of likely N-dealkylation sites (tertiary alicyclic amines) is 1. The van der Waals surface area contributed by atoms with Crippen LogP contribution in [0.15, 0.2) is 0 Å². The maximum atomic E-state index is 11.7. The lowest BCUT2D eigenvalue weighted by Crippen LogP contribution is -2.42. The van der Waals surface area contributed by atoms with E-state index < -0.39 is 0 Å². The van der Waals surface area contributed by atoms with E-state index in [9.17, 15) is 4.79 Å². The van der Waals surface area contributed by atoms with Gasteiger partial charge in [-0.15, -0.1) is 0 Å². The minimum atomic E-state index is 0.101. The van der Waals surface area contributed by atoms with Gasteiger partial charge in [0, 0.05) is 19.7 Å². The van der Waals surface area contributed by atoms with Gasteiger partial charge in [0.25, 0.3) is 0 Å². The number of rotatable bonds is 5. The van der Waals surface area contributed by atoms with Gasteiger partial charge in [0.05, 0.1) is 12.2 Å². The summed E-state index contributed by atoms with van der Waals surface area (Å²) in [4.78, 5) is 13.6. The number of carbonyl (C=O) groups excluding carboxylic acids is 1. The first kappa shape index (κ1) is 13.5. The number of hydrogen-bond donors (Lipinski definition) is 0. The van der Waals surface area contributed by atoms with Crippen LogP contribution in [0.4, 0.5) is 0 Å². The summed E-state index contributed by atoms with van der Waals surface area (Å²) in [6.07, 6.45) is 2.34. The fourth-order valence-electron chi connectivity index (χ4n) is 1.84. The van der Waals surface area contributed by atoms with Crippen LogP contribution in [0.1, 0.15) is 33.6 Å². The molecular formula is C12H23NO3. The molecule has 1 amide bonds. The molecule has 1 aliphatic rings. The lowest BCUT2D eigenvalue weighted by atomic mass is 10.1. The van der Waals surface area contributed by atoms with Crippen LogP contribution in [0.25, 0.3) is 0 Å². The van der Waals surface area contributed by atoms with Gasteiger partial charge in [0.2, 0.25) is 5.91 Å². The molecule has 16 heavy (non-hydrogen) atoms. The van der Waals surface area contributed by atoms with Gasteiger partial charge in [-0.05, 0) is 33.6 Å². The van der Waals surface area contributed by atoms with Crippen molar-refractivity contribution in [1.29, 1.82) is 0 Å².